The number of amides is 2. The van der Waals surface area contributed by atoms with Gasteiger partial charge in [-0.1, -0.05) is 56.2 Å². The summed E-state index contributed by atoms with van der Waals surface area (Å²) in [5, 5.41) is 3.93. The van der Waals surface area contributed by atoms with E-state index in [0.29, 0.717) is 37.3 Å². The van der Waals surface area contributed by atoms with Crippen LogP contribution in [-0.2, 0) is 11.4 Å². The van der Waals surface area contributed by atoms with Gasteiger partial charge in [0.2, 0.25) is 5.91 Å². The number of ether oxygens (including phenoxy) is 1. The van der Waals surface area contributed by atoms with E-state index in [1.54, 1.807) is 4.90 Å². The van der Waals surface area contributed by atoms with E-state index >= 15 is 0 Å². The SMILES string of the molecule is CCCCCNC(=O)C1CCN(C(=O)c2oc3ccccc3c2COc2ccccc2)CC1. The van der Waals surface area contributed by atoms with E-state index in [9.17, 15) is 9.59 Å². The maximum atomic E-state index is 13.4. The number of unbranched alkanes of at least 4 members (excludes halogenated alkanes) is 2. The summed E-state index contributed by atoms with van der Waals surface area (Å²) in [6, 6.07) is 17.2. The molecule has 1 aliphatic heterocycles. The number of likely N-dealkylation sites (tertiary alicyclic amines) is 1. The summed E-state index contributed by atoms with van der Waals surface area (Å²) in [6.07, 6.45) is 4.61. The predicted octanol–water partition coefficient (Wildman–Crippen LogP) is 5.17. The van der Waals surface area contributed by atoms with Gasteiger partial charge in [-0.3, -0.25) is 9.59 Å². The van der Waals surface area contributed by atoms with Crippen molar-refractivity contribution in [2.45, 2.75) is 45.6 Å². The molecule has 0 spiro atoms. The average molecular weight is 449 g/mol. The van der Waals surface area contributed by atoms with E-state index in [0.717, 1.165) is 42.5 Å². The van der Waals surface area contributed by atoms with E-state index in [1.807, 2.05) is 54.6 Å². The minimum absolute atomic E-state index is 0.0350. The van der Waals surface area contributed by atoms with Crippen molar-refractivity contribution in [3.63, 3.8) is 0 Å². The van der Waals surface area contributed by atoms with Crippen molar-refractivity contribution < 1.29 is 18.7 Å². The molecule has 6 nitrogen and oxygen atoms in total. The fraction of sp³-hybridized carbons (Fsp3) is 0.407. The number of rotatable bonds is 9. The summed E-state index contributed by atoms with van der Waals surface area (Å²) < 4.78 is 12.0. The Morgan fingerprint density at radius 3 is 2.52 bits per heavy atom. The van der Waals surface area contributed by atoms with Gasteiger partial charge in [0.1, 0.15) is 17.9 Å². The summed E-state index contributed by atoms with van der Waals surface area (Å²) in [7, 11) is 0. The lowest BCUT2D eigenvalue weighted by atomic mass is 9.95. The van der Waals surface area contributed by atoms with E-state index in [2.05, 4.69) is 12.2 Å². The van der Waals surface area contributed by atoms with Crippen molar-refractivity contribution in [3.8, 4) is 5.75 Å². The summed E-state index contributed by atoms with van der Waals surface area (Å²) in [6.45, 7) is 4.22. The monoisotopic (exact) mass is 448 g/mol. The van der Waals surface area contributed by atoms with Crippen LogP contribution in [0.25, 0.3) is 11.0 Å². The Morgan fingerprint density at radius 2 is 1.76 bits per heavy atom. The topological polar surface area (TPSA) is 71.8 Å². The van der Waals surface area contributed by atoms with Crippen molar-refractivity contribution in [1.29, 1.82) is 0 Å². The molecule has 0 radical (unpaired) electrons. The molecule has 4 rings (SSSR count). The number of carbonyl (C=O) groups is 2. The first-order valence-electron chi connectivity index (χ1n) is 11.9. The van der Waals surface area contributed by atoms with Gasteiger partial charge in [-0.05, 0) is 37.5 Å². The van der Waals surface area contributed by atoms with Crippen LogP contribution >= 0.6 is 0 Å². The van der Waals surface area contributed by atoms with E-state index < -0.39 is 0 Å². The van der Waals surface area contributed by atoms with Crippen LogP contribution in [0.5, 0.6) is 5.75 Å². The smallest absolute Gasteiger partial charge is 0.290 e. The molecule has 1 fully saturated rings. The Bertz CT molecular complexity index is 1070. The third kappa shape index (κ3) is 5.56. The number of benzene rings is 2. The number of nitrogens with zero attached hydrogens (tertiary/aromatic N) is 1. The third-order valence-electron chi connectivity index (χ3n) is 6.25. The number of carbonyl (C=O) groups excluding carboxylic acids is 2. The predicted molar refractivity (Wildman–Crippen MR) is 128 cm³/mol. The van der Waals surface area contributed by atoms with E-state index in [4.69, 9.17) is 9.15 Å². The van der Waals surface area contributed by atoms with Gasteiger partial charge in [0.25, 0.3) is 5.91 Å². The minimum atomic E-state index is -0.139. The van der Waals surface area contributed by atoms with Crippen LogP contribution in [0.3, 0.4) is 0 Å². The molecule has 2 heterocycles. The van der Waals surface area contributed by atoms with Gasteiger partial charge in [-0.15, -0.1) is 0 Å². The molecule has 3 aromatic rings. The highest BCUT2D eigenvalue weighted by molar-refractivity contribution is 5.99. The fourth-order valence-corrected chi connectivity index (χ4v) is 4.31. The van der Waals surface area contributed by atoms with Crippen LogP contribution in [0, 0.1) is 5.92 Å². The number of nitrogens with one attached hydrogen (secondary N) is 1. The number of piperidine rings is 1. The molecule has 0 unspecified atom stereocenters. The molecule has 6 heteroatoms. The molecule has 2 aromatic carbocycles. The molecule has 0 atom stereocenters. The van der Waals surface area contributed by atoms with Gasteiger partial charge >= 0.3 is 0 Å². The molecule has 1 aliphatic rings. The quantitative estimate of drug-likeness (QED) is 0.459. The highest BCUT2D eigenvalue weighted by Gasteiger charge is 2.31. The third-order valence-corrected chi connectivity index (χ3v) is 6.25. The lowest BCUT2D eigenvalue weighted by Crippen LogP contribution is -2.43. The second-order valence-corrected chi connectivity index (χ2v) is 8.57. The van der Waals surface area contributed by atoms with E-state index in [-0.39, 0.29) is 24.3 Å². The lowest BCUT2D eigenvalue weighted by Gasteiger charge is -2.31. The maximum absolute atomic E-state index is 13.4. The largest absolute Gasteiger partial charge is 0.489 e. The summed E-state index contributed by atoms with van der Waals surface area (Å²) in [5.74, 6) is 1.01. The van der Waals surface area contributed by atoms with Crippen LogP contribution in [-0.4, -0.2) is 36.3 Å². The first-order chi connectivity index (χ1) is 16.2. The van der Waals surface area contributed by atoms with Gasteiger partial charge in [-0.2, -0.15) is 0 Å². The minimum Gasteiger partial charge on any atom is -0.489 e. The molecule has 33 heavy (non-hydrogen) atoms. The van der Waals surface area contributed by atoms with Crippen molar-refractivity contribution in [2.75, 3.05) is 19.6 Å². The van der Waals surface area contributed by atoms with Gasteiger partial charge in [0, 0.05) is 36.5 Å². The van der Waals surface area contributed by atoms with Crippen molar-refractivity contribution in [3.05, 3.63) is 65.9 Å². The second kappa shape index (κ2) is 11.0. The summed E-state index contributed by atoms with van der Waals surface area (Å²) in [4.78, 5) is 27.6. The Labute approximate surface area is 194 Å². The average Bonchev–Trinajstić information content (AvgIpc) is 3.24. The van der Waals surface area contributed by atoms with Crippen LogP contribution in [0.15, 0.2) is 59.0 Å². The summed E-state index contributed by atoms with van der Waals surface area (Å²) >= 11 is 0. The maximum Gasteiger partial charge on any atom is 0.290 e. The number of hydrogen-bond acceptors (Lipinski definition) is 4. The Hall–Kier alpha value is -3.28. The second-order valence-electron chi connectivity index (χ2n) is 8.57. The summed E-state index contributed by atoms with van der Waals surface area (Å²) in [5.41, 5.74) is 1.43. The molecule has 1 N–H and O–H groups in total. The molecule has 0 aliphatic carbocycles. The zero-order chi connectivity index (χ0) is 23.0. The molecular weight excluding hydrogens is 416 g/mol. The molecule has 0 bridgehead atoms. The molecule has 174 valence electrons. The molecule has 0 saturated carbocycles. The van der Waals surface area contributed by atoms with Crippen LogP contribution in [0.2, 0.25) is 0 Å². The Kier molecular flexibility index (Phi) is 7.66. The van der Waals surface area contributed by atoms with Crippen LogP contribution in [0.4, 0.5) is 0 Å². The normalized spacial score (nSPS) is 14.4. The number of fused-ring (bicyclic) bond motifs is 1. The molecule has 1 aromatic heterocycles. The van der Waals surface area contributed by atoms with Gasteiger partial charge in [0.05, 0.1) is 0 Å². The standard InChI is InChI=1S/C27H32N2O4/c1-2-3-9-16-28-26(30)20-14-17-29(18-15-20)27(31)25-23(19-32-21-10-5-4-6-11-21)22-12-7-8-13-24(22)33-25/h4-8,10-13,20H,2-3,9,14-19H2,1H3,(H,28,30). The van der Waals surface area contributed by atoms with Gasteiger partial charge in [0.15, 0.2) is 5.76 Å². The van der Waals surface area contributed by atoms with Gasteiger partial charge in [-0.25, -0.2) is 0 Å². The number of furan rings is 1. The number of hydrogen-bond donors (Lipinski definition) is 1. The number of para-hydroxylation sites is 2. The first-order valence-corrected chi connectivity index (χ1v) is 11.9. The highest BCUT2D eigenvalue weighted by Crippen LogP contribution is 2.29. The van der Waals surface area contributed by atoms with Gasteiger partial charge < -0.3 is 19.4 Å². The first kappa shape index (κ1) is 22.9. The zero-order valence-electron chi connectivity index (χ0n) is 19.2. The molecular formula is C27H32N2O4. The molecule has 2 amide bonds. The van der Waals surface area contributed by atoms with Crippen molar-refractivity contribution >= 4 is 22.8 Å². The van der Waals surface area contributed by atoms with Crippen LogP contribution in [0.1, 0.15) is 55.1 Å². The van der Waals surface area contributed by atoms with Crippen LogP contribution < -0.4 is 10.1 Å². The van der Waals surface area contributed by atoms with Crippen molar-refractivity contribution in [2.24, 2.45) is 5.92 Å². The lowest BCUT2D eigenvalue weighted by molar-refractivity contribution is -0.126. The van der Waals surface area contributed by atoms with E-state index in [1.165, 1.54) is 0 Å². The van der Waals surface area contributed by atoms with Crippen molar-refractivity contribution in [1.82, 2.24) is 10.2 Å². The zero-order valence-corrected chi connectivity index (χ0v) is 19.2. The fourth-order valence-electron chi connectivity index (χ4n) is 4.31. The molecule has 1 saturated heterocycles. The highest BCUT2D eigenvalue weighted by atomic mass is 16.5. The Balaban J connectivity index is 1.42. The Morgan fingerprint density at radius 1 is 1.03 bits per heavy atom.